The third-order valence-electron chi connectivity index (χ3n) is 5.32. The van der Waals surface area contributed by atoms with Gasteiger partial charge in [0, 0.05) is 61.9 Å². The molecule has 3 heterocycles. The Balaban J connectivity index is 0.00000272. The van der Waals surface area contributed by atoms with Crippen LogP contribution in [-0.4, -0.2) is 63.3 Å². The molecule has 0 spiro atoms. The Bertz CT molecular complexity index is 1040. The second kappa shape index (κ2) is 10.2. The van der Waals surface area contributed by atoms with Crippen molar-refractivity contribution in [2.24, 2.45) is 5.73 Å². The van der Waals surface area contributed by atoms with Crippen LogP contribution in [0.2, 0.25) is 0 Å². The summed E-state index contributed by atoms with van der Waals surface area (Å²) in [5.74, 6) is 0.184. The van der Waals surface area contributed by atoms with Crippen LogP contribution < -0.4 is 10.6 Å². The first kappa shape index (κ1) is 22.5. The van der Waals surface area contributed by atoms with Gasteiger partial charge in [0.2, 0.25) is 5.91 Å². The quantitative estimate of drug-likeness (QED) is 0.633. The van der Waals surface area contributed by atoms with Crippen LogP contribution in [0.3, 0.4) is 0 Å². The van der Waals surface area contributed by atoms with Crippen LogP contribution in [0.5, 0.6) is 0 Å². The highest BCUT2D eigenvalue weighted by Crippen LogP contribution is 2.18. The molecule has 0 saturated carbocycles. The molecule has 1 aliphatic rings. The van der Waals surface area contributed by atoms with Crippen molar-refractivity contribution in [2.75, 3.05) is 37.6 Å². The summed E-state index contributed by atoms with van der Waals surface area (Å²) in [5, 5.41) is 4.40. The van der Waals surface area contributed by atoms with Gasteiger partial charge in [0.05, 0.1) is 11.9 Å². The highest BCUT2D eigenvalue weighted by molar-refractivity contribution is 5.93. The zero-order valence-electron chi connectivity index (χ0n) is 17.4. The fourth-order valence-corrected chi connectivity index (χ4v) is 3.56. The molecule has 0 atom stereocenters. The zero-order valence-corrected chi connectivity index (χ0v) is 18.2. The number of primary amides is 1. The van der Waals surface area contributed by atoms with Crippen molar-refractivity contribution in [3.8, 4) is 5.95 Å². The van der Waals surface area contributed by atoms with Gasteiger partial charge in [-0.2, -0.15) is 5.10 Å². The highest BCUT2D eigenvalue weighted by atomic mass is 35.5. The van der Waals surface area contributed by atoms with E-state index in [1.165, 1.54) is 0 Å². The van der Waals surface area contributed by atoms with E-state index in [1.807, 2.05) is 31.3 Å². The number of rotatable bonds is 6. The monoisotopic (exact) mass is 439 g/mol. The third-order valence-corrected chi connectivity index (χ3v) is 5.32. The van der Waals surface area contributed by atoms with Gasteiger partial charge in [0.15, 0.2) is 0 Å². The lowest BCUT2D eigenvalue weighted by atomic mass is 10.1. The molecule has 0 radical (unpaired) electrons. The highest BCUT2D eigenvalue weighted by Gasteiger charge is 2.17. The Labute approximate surface area is 187 Å². The molecule has 1 aliphatic heterocycles. The van der Waals surface area contributed by atoms with Crippen molar-refractivity contribution in [1.29, 1.82) is 0 Å². The van der Waals surface area contributed by atoms with Gasteiger partial charge >= 0.3 is 0 Å². The third kappa shape index (κ3) is 5.28. The largest absolute Gasteiger partial charge is 0.369 e. The van der Waals surface area contributed by atoms with E-state index in [1.54, 1.807) is 29.2 Å². The topological polar surface area (TPSA) is 93.2 Å². The number of aromatic nitrogens is 4. The van der Waals surface area contributed by atoms with E-state index < -0.39 is 5.91 Å². The Morgan fingerprint density at radius 3 is 2.58 bits per heavy atom. The minimum absolute atomic E-state index is 0. The summed E-state index contributed by atoms with van der Waals surface area (Å²) in [6.45, 7) is 6.64. The minimum Gasteiger partial charge on any atom is -0.369 e. The van der Waals surface area contributed by atoms with Gasteiger partial charge in [-0.25, -0.2) is 14.6 Å². The molecule has 0 bridgehead atoms. The second-order valence-electron chi connectivity index (χ2n) is 7.25. The van der Waals surface area contributed by atoms with Crippen molar-refractivity contribution in [3.63, 3.8) is 0 Å². The van der Waals surface area contributed by atoms with E-state index in [4.69, 9.17) is 5.73 Å². The lowest BCUT2D eigenvalue weighted by Gasteiger charge is -2.35. The summed E-state index contributed by atoms with van der Waals surface area (Å²) in [6, 6.07) is 9.32. The summed E-state index contributed by atoms with van der Waals surface area (Å²) in [7, 11) is 0. The van der Waals surface area contributed by atoms with Gasteiger partial charge in [-0.3, -0.25) is 9.69 Å². The van der Waals surface area contributed by atoms with E-state index >= 15 is 0 Å². The number of amides is 1. The normalized spacial score (nSPS) is 14.5. The lowest BCUT2D eigenvalue weighted by Crippen LogP contribution is -2.46. The molecule has 8 nitrogen and oxygen atoms in total. The fraction of sp³-hybridized carbons (Fsp3) is 0.273. The summed E-state index contributed by atoms with van der Waals surface area (Å²) in [6.07, 6.45) is 9.53. The van der Waals surface area contributed by atoms with Gasteiger partial charge in [0.1, 0.15) is 0 Å². The van der Waals surface area contributed by atoms with Crippen molar-refractivity contribution in [3.05, 3.63) is 71.8 Å². The van der Waals surface area contributed by atoms with Gasteiger partial charge in [-0.05, 0) is 31.2 Å². The van der Waals surface area contributed by atoms with Gasteiger partial charge in [-0.15, -0.1) is 12.4 Å². The van der Waals surface area contributed by atoms with Crippen LogP contribution in [0.4, 0.5) is 5.69 Å². The number of carbonyl (C=O) groups excluding carboxylic acids is 1. The molecule has 1 amide bonds. The number of benzene rings is 1. The summed E-state index contributed by atoms with van der Waals surface area (Å²) >= 11 is 0. The molecule has 1 fully saturated rings. The van der Waals surface area contributed by atoms with Gasteiger partial charge < -0.3 is 10.6 Å². The molecule has 162 valence electrons. The van der Waals surface area contributed by atoms with Gasteiger partial charge in [0.25, 0.3) is 5.95 Å². The molecule has 2 N–H and O–H groups in total. The SMILES string of the molecule is Cc1c(/C=C/CN2CCN(c3cccc(C(N)=O)c3)CC2)cnn1-c1ncccn1.Cl. The van der Waals surface area contributed by atoms with Crippen molar-refractivity contribution in [2.45, 2.75) is 6.92 Å². The molecule has 2 aromatic heterocycles. The van der Waals surface area contributed by atoms with Crippen LogP contribution in [0.15, 0.2) is 55.0 Å². The van der Waals surface area contributed by atoms with Crippen molar-refractivity contribution in [1.82, 2.24) is 24.6 Å². The molecule has 9 heteroatoms. The number of halogens is 1. The van der Waals surface area contributed by atoms with Crippen LogP contribution >= 0.6 is 12.4 Å². The molecule has 4 rings (SSSR count). The van der Waals surface area contributed by atoms with Gasteiger partial charge in [-0.1, -0.05) is 18.2 Å². The first-order valence-electron chi connectivity index (χ1n) is 9.97. The molecular formula is C22H26ClN7O. The van der Waals surface area contributed by atoms with Crippen LogP contribution in [-0.2, 0) is 0 Å². The second-order valence-corrected chi connectivity index (χ2v) is 7.25. The van der Waals surface area contributed by atoms with E-state index in [2.05, 4.69) is 37.0 Å². The van der Waals surface area contributed by atoms with Crippen molar-refractivity contribution >= 4 is 30.1 Å². The predicted octanol–water partition coefficient (Wildman–Crippen LogP) is 2.33. The molecule has 1 saturated heterocycles. The summed E-state index contributed by atoms with van der Waals surface area (Å²) < 4.78 is 1.75. The number of nitrogens with two attached hydrogens (primary N) is 1. The Kier molecular flexibility index (Phi) is 7.38. The average molecular weight is 440 g/mol. The Morgan fingerprint density at radius 2 is 1.87 bits per heavy atom. The van der Waals surface area contributed by atoms with E-state index in [-0.39, 0.29) is 12.4 Å². The van der Waals surface area contributed by atoms with Crippen LogP contribution in [0.25, 0.3) is 12.0 Å². The Morgan fingerprint density at radius 1 is 1.13 bits per heavy atom. The molecule has 3 aromatic rings. The number of piperazine rings is 1. The first-order valence-corrected chi connectivity index (χ1v) is 9.97. The van der Waals surface area contributed by atoms with Crippen LogP contribution in [0, 0.1) is 6.92 Å². The average Bonchev–Trinajstić information content (AvgIpc) is 3.15. The molecule has 0 aliphatic carbocycles. The number of carbonyl (C=O) groups is 1. The maximum absolute atomic E-state index is 11.4. The zero-order chi connectivity index (χ0) is 20.9. The minimum atomic E-state index is -0.391. The molecule has 31 heavy (non-hydrogen) atoms. The Hall–Kier alpha value is -3.23. The predicted molar refractivity (Wildman–Crippen MR) is 124 cm³/mol. The van der Waals surface area contributed by atoms with Crippen LogP contribution in [0.1, 0.15) is 21.6 Å². The maximum atomic E-state index is 11.4. The fourth-order valence-electron chi connectivity index (χ4n) is 3.56. The van der Waals surface area contributed by atoms with E-state index in [0.29, 0.717) is 11.5 Å². The van der Waals surface area contributed by atoms with Crippen molar-refractivity contribution < 1.29 is 4.79 Å². The number of nitrogens with zero attached hydrogens (tertiary/aromatic N) is 6. The van der Waals surface area contributed by atoms with E-state index in [0.717, 1.165) is 49.7 Å². The van der Waals surface area contributed by atoms with E-state index in [9.17, 15) is 4.79 Å². The molecular weight excluding hydrogens is 414 g/mol. The first-order chi connectivity index (χ1) is 14.6. The summed E-state index contributed by atoms with van der Waals surface area (Å²) in [4.78, 5) is 24.6. The lowest BCUT2D eigenvalue weighted by molar-refractivity contribution is 0.100. The maximum Gasteiger partial charge on any atom is 0.250 e. The number of anilines is 1. The smallest absolute Gasteiger partial charge is 0.250 e. The molecule has 0 unspecified atom stereocenters. The number of hydrogen-bond acceptors (Lipinski definition) is 6. The molecule has 1 aromatic carbocycles. The summed E-state index contributed by atoms with van der Waals surface area (Å²) in [5.41, 5.74) is 9.07. The standard InChI is InChI=1S/C22H25N7O.ClH/c1-17-19(16-26-29(17)22-24-8-4-9-25-22)6-3-10-27-11-13-28(14-12-27)20-7-2-5-18(15-20)21(23)30;/h2-9,15-16H,10-14H2,1H3,(H2,23,30);1H/b6-3+;. The number of hydrogen-bond donors (Lipinski definition) is 1.